The van der Waals surface area contributed by atoms with Crippen molar-refractivity contribution in [1.82, 2.24) is 0 Å². The van der Waals surface area contributed by atoms with Crippen molar-refractivity contribution in [1.29, 1.82) is 0 Å². The highest BCUT2D eigenvalue weighted by molar-refractivity contribution is 5.71. The number of aliphatic carboxylic acids is 1. The van der Waals surface area contributed by atoms with Crippen molar-refractivity contribution < 1.29 is 53.7 Å². The maximum Gasteiger partial charge on any atom is 0.310 e. The van der Waals surface area contributed by atoms with Gasteiger partial charge in [-0.25, -0.2) is 0 Å². The summed E-state index contributed by atoms with van der Waals surface area (Å²) in [6.45, 7) is 8.15. The van der Waals surface area contributed by atoms with Crippen LogP contribution >= 0.6 is 0 Å². The third kappa shape index (κ3) is 13.5. The zero-order chi connectivity index (χ0) is 41.6. The van der Waals surface area contributed by atoms with Gasteiger partial charge in [0.05, 0.1) is 36.9 Å². The second kappa shape index (κ2) is 22.7. The van der Waals surface area contributed by atoms with E-state index in [1.807, 2.05) is 68.5 Å². The summed E-state index contributed by atoms with van der Waals surface area (Å²) in [5, 5.41) is 41.7. The molecule has 11 heteroatoms. The standard InChI is InChI=1S/C47H66O11/c1-30(17-14-15-23-44(50)51)27-31(2)47-40-26-25-34(54-47)18-10-6-5-7-11-19-35(48)46(53)43-28-36(49)32(3)37(56-43)21-16-22-38-33(4)41-29-42(55-38)39(57-41)20-12-8-9-13-24-45(52)58-40/h6,8-13,16,19-20,22,25-27,30,32-38,40-43,46-49,53H,5,7,14-15,17-18,21,23-24,28-29H2,1-4H3,(H,50,51)/b10-6+,12-8?,13-9?,19-11+,22-16+,31-27?,39-20?/t30-,32+,33+,34-,35+,36-,37-,38-,40+,41-,42-,43+,46-,47-/m0/s1. The number of carbonyl (C=O) groups excluding carboxylic acids is 1. The lowest BCUT2D eigenvalue weighted by Gasteiger charge is -2.40. The first kappa shape index (κ1) is 45.5. The molecule has 4 N–H and O–H groups in total. The molecule has 0 unspecified atom stereocenters. The molecule has 14 atom stereocenters. The van der Waals surface area contributed by atoms with Crippen LogP contribution in [0.15, 0.2) is 96.4 Å². The van der Waals surface area contributed by atoms with Gasteiger partial charge < -0.3 is 44.1 Å². The molecular weight excluding hydrogens is 741 g/mol. The number of carboxylic acid groups (broad SMARTS) is 1. The van der Waals surface area contributed by atoms with E-state index in [2.05, 4.69) is 32.1 Å². The molecule has 0 radical (unpaired) electrons. The number of carboxylic acids is 1. The van der Waals surface area contributed by atoms with E-state index in [-0.39, 0.29) is 73.5 Å². The molecule has 7 bridgehead atoms. The van der Waals surface area contributed by atoms with Gasteiger partial charge in [-0.1, -0.05) is 100 Å². The highest BCUT2D eigenvalue weighted by Crippen LogP contribution is 2.40. The lowest BCUT2D eigenvalue weighted by molar-refractivity contribution is -0.175. The highest BCUT2D eigenvalue weighted by atomic mass is 16.6. The van der Waals surface area contributed by atoms with Gasteiger partial charge in [0.1, 0.15) is 42.4 Å². The summed E-state index contributed by atoms with van der Waals surface area (Å²) in [7, 11) is 0. The number of unbranched alkanes of at least 4 members (excludes halogenated alkanes) is 1. The quantitative estimate of drug-likeness (QED) is 0.118. The van der Waals surface area contributed by atoms with Crippen LogP contribution < -0.4 is 0 Å². The number of hydrogen-bond acceptors (Lipinski definition) is 10. The van der Waals surface area contributed by atoms with Crippen molar-refractivity contribution in [2.24, 2.45) is 17.8 Å². The molecule has 6 aliphatic rings. The normalized spacial score (nSPS) is 38.8. The summed E-state index contributed by atoms with van der Waals surface area (Å²) in [4.78, 5) is 24.0. The zero-order valence-electron chi connectivity index (χ0n) is 34.6. The lowest BCUT2D eigenvalue weighted by Crippen LogP contribution is -2.50. The van der Waals surface area contributed by atoms with Crippen molar-refractivity contribution in [3.63, 3.8) is 0 Å². The molecule has 0 aliphatic carbocycles. The van der Waals surface area contributed by atoms with E-state index < -0.39 is 42.6 Å². The van der Waals surface area contributed by atoms with E-state index >= 15 is 0 Å². The van der Waals surface area contributed by atoms with Crippen LogP contribution in [0.3, 0.4) is 0 Å². The summed E-state index contributed by atoms with van der Waals surface area (Å²) in [5.74, 6) is -0.206. The molecule has 0 aromatic rings. The van der Waals surface area contributed by atoms with E-state index in [1.54, 1.807) is 12.2 Å². The van der Waals surface area contributed by atoms with Crippen LogP contribution in [-0.4, -0.2) is 99.5 Å². The number of fused-ring (bicyclic) bond motifs is 14. The minimum Gasteiger partial charge on any atom is -0.491 e. The first-order valence-corrected chi connectivity index (χ1v) is 21.4. The van der Waals surface area contributed by atoms with Gasteiger partial charge in [-0.2, -0.15) is 0 Å². The highest BCUT2D eigenvalue weighted by Gasteiger charge is 2.44. The summed E-state index contributed by atoms with van der Waals surface area (Å²) < 4.78 is 31.5. The van der Waals surface area contributed by atoms with E-state index in [1.165, 1.54) is 0 Å². The minimum atomic E-state index is -1.18. The predicted octanol–water partition coefficient (Wildman–Crippen LogP) is 7.15. The number of allylic oxidation sites excluding steroid dienone is 7. The summed E-state index contributed by atoms with van der Waals surface area (Å²) in [6, 6.07) is 0. The summed E-state index contributed by atoms with van der Waals surface area (Å²) in [5.41, 5.74) is 0.957. The van der Waals surface area contributed by atoms with Gasteiger partial charge in [0.15, 0.2) is 0 Å². The molecule has 3 fully saturated rings. The summed E-state index contributed by atoms with van der Waals surface area (Å²) in [6.07, 6.45) is 27.3. The molecule has 0 spiro atoms. The second-order valence-corrected chi connectivity index (χ2v) is 16.6. The van der Waals surface area contributed by atoms with Crippen molar-refractivity contribution in [3.05, 3.63) is 96.4 Å². The van der Waals surface area contributed by atoms with E-state index in [9.17, 15) is 24.9 Å². The average Bonchev–Trinajstić information content (AvgIpc) is 3.54. The maximum atomic E-state index is 13.0. The number of ether oxygens (including phenoxy) is 5. The van der Waals surface area contributed by atoms with Crippen LogP contribution in [0.25, 0.3) is 0 Å². The monoisotopic (exact) mass is 806 g/mol. The number of hydrogen-bond donors (Lipinski definition) is 4. The third-order valence-electron chi connectivity index (χ3n) is 11.9. The Balaban J connectivity index is 1.29. The molecule has 320 valence electrons. The van der Waals surface area contributed by atoms with E-state index in [4.69, 9.17) is 28.8 Å². The Morgan fingerprint density at radius 2 is 1.62 bits per heavy atom. The van der Waals surface area contributed by atoms with Gasteiger partial charge in [-0.05, 0) is 69.1 Å². The number of aliphatic hydroxyl groups is 3. The average molecular weight is 807 g/mol. The van der Waals surface area contributed by atoms with Crippen LogP contribution in [0.4, 0.5) is 0 Å². The number of carbonyl (C=O) groups is 2. The van der Waals surface area contributed by atoms with Gasteiger partial charge in [-0.3, -0.25) is 9.59 Å². The Labute approximate surface area is 344 Å². The molecule has 6 rings (SSSR count). The second-order valence-electron chi connectivity index (χ2n) is 16.6. The predicted molar refractivity (Wildman–Crippen MR) is 221 cm³/mol. The Bertz CT molecular complexity index is 1590. The molecule has 0 amide bonds. The molecule has 11 nitrogen and oxygen atoms in total. The fraction of sp³-hybridized carbons (Fsp3) is 0.617. The van der Waals surface area contributed by atoms with E-state index in [0.717, 1.165) is 37.0 Å². The van der Waals surface area contributed by atoms with Crippen molar-refractivity contribution in [3.8, 4) is 0 Å². The van der Waals surface area contributed by atoms with Gasteiger partial charge in [0.2, 0.25) is 0 Å². The van der Waals surface area contributed by atoms with Crippen molar-refractivity contribution in [2.45, 2.75) is 165 Å². The summed E-state index contributed by atoms with van der Waals surface area (Å²) >= 11 is 0. The molecule has 0 saturated carbocycles. The molecule has 58 heavy (non-hydrogen) atoms. The Hall–Kier alpha value is -3.58. The van der Waals surface area contributed by atoms with Crippen LogP contribution in [-0.2, 0) is 33.3 Å². The molecular formula is C47H66O11. The van der Waals surface area contributed by atoms with Crippen LogP contribution in [0, 0.1) is 17.8 Å². The minimum absolute atomic E-state index is 0.0200. The molecule has 0 aromatic heterocycles. The lowest BCUT2D eigenvalue weighted by atomic mass is 9.86. The fourth-order valence-electron chi connectivity index (χ4n) is 8.29. The number of aliphatic hydroxyl groups excluding tert-OH is 3. The van der Waals surface area contributed by atoms with E-state index in [0.29, 0.717) is 25.7 Å². The largest absolute Gasteiger partial charge is 0.491 e. The smallest absolute Gasteiger partial charge is 0.310 e. The topological polar surface area (TPSA) is 161 Å². The van der Waals surface area contributed by atoms with Gasteiger partial charge >= 0.3 is 11.9 Å². The van der Waals surface area contributed by atoms with Gasteiger partial charge in [0, 0.05) is 31.1 Å². The van der Waals surface area contributed by atoms with Crippen LogP contribution in [0.2, 0.25) is 0 Å². The van der Waals surface area contributed by atoms with Crippen LogP contribution in [0.1, 0.15) is 98.3 Å². The molecule has 6 aliphatic heterocycles. The Kier molecular flexibility index (Phi) is 17.8. The van der Waals surface area contributed by atoms with Gasteiger partial charge in [-0.15, -0.1) is 0 Å². The number of esters is 1. The number of rotatable bonds is 7. The zero-order valence-corrected chi connectivity index (χ0v) is 34.6. The van der Waals surface area contributed by atoms with Crippen molar-refractivity contribution in [2.75, 3.05) is 0 Å². The molecule has 6 heterocycles. The first-order chi connectivity index (χ1) is 27.9. The molecule has 3 saturated heterocycles. The molecule has 0 aromatic carbocycles. The van der Waals surface area contributed by atoms with Crippen molar-refractivity contribution >= 4 is 11.9 Å². The Morgan fingerprint density at radius 1 is 0.810 bits per heavy atom. The fourth-order valence-corrected chi connectivity index (χ4v) is 8.29. The van der Waals surface area contributed by atoms with Gasteiger partial charge in [0.25, 0.3) is 0 Å². The first-order valence-electron chi connectivity index (χ1n) is 21.4. The third-order valence-corrected chi connectivity index (χ3v) is 11.9. The van der Waals surface area contributed by atoms with Crippen LogP contribution in [0.5, 0.6) is 0 Å². The Morgan fingerprint density at radius 3 is 2.43 bits per heavy atom. The SMILES string of the molecule is CC(=C[C@@H](C)CCCCC(=O)O)[C@@H]1O[C@@H]2C=C[C@H]1OC(=O)CC=CC=CC=C1O[C@H]3C[C@@H]1O[C@@H](/C=C/C[C@@H]1O[C@H](C[C@H](O)[C@H]1C)[C@@H](O)[C@H](O)/C=C/CC/C=C/C2)[C@H]3C. The maximum absolute atomic E-state index is 13.0.